The average Bonchev–Trinajstić information content (AvgIpc) is 2.46. The summed E-state index contributed by atoms with van der Waals surface area (Å²) in [6.07, 6.45) is 1.24. The Labute approximate surface area is 137 Å². The predicted octanol–water partition coefficient (Wildman–Crippen LogP) is 2.93. The van der Waals surface area contributed by atoms with Gasteiger partial charge in [-0.15, -0.1) is 0 Å². The van der Waals surface area contributed by atoms with E-state index in [0.717, 1.165) is 0 Å². The number of aromatic carboxylic acids is 1. The maximum atomic E-state index is 14.7. The first kappa shape index (κ1) is 16.7. The molecule has 0 amide bonds. The Kier molecular flexibility index (Phi) is 4.51. The van der Waals surface area contributed by atoms with Crippen molar-refractivity contribution < 1.29 is 14.3 Å². The molecule has 8 heteroatoms. The largest absolute Gasteiger partial charge is 0.476 e. The van der Waals surface area contributed by atoms with Gasteiger partial charge < -0.3 is 15.7 Å². The highest BCUT2D eigenvalue weighted by Gasteiger charge is 2.21. The maximum Gasteiger partial charge on any atom is 0.355 e. The molecule has 120 valence electrons. The van der Waals surface area contributed by atoms with Gasteiger partial charge in [0.1, 0.15) is 5.82 Å². The SMILES string of the molecule is C=Cc1c(N)nc(-c2ccc(Cl)c(N(C)C)c2F)nc1C(=O)O. The van der Waals surface area contributed by atoms with Crippen LogP contribution in [0, 0.1) is 5.82 Å². The minimum absolute atomic E-state index is 0.00270. The van der Waals surface area contributed by atoms with Crippen LogP contribution >= 0.6 is 11.6 Å². The van der Waals surface area contributed by atoms with Gasteiger partial charge in [-0.2, -0.15) is 0 Å². The number of hydrogen-bond acceptors (Lipinski definition) is 5. The summed E-state index contributed by atoms with van der Waals surface area (Å²) in [7, 11) is 3.26. The topological polar surface area (TPSA) is 92.3 Å². The van der Waals surface area contributed by atoms with Crippen LogP contribution in [0.15, 0.2) is 18.7 Å². The zero-order valence-corrected chi connectivity index (χ0v) is 13.2. The molecule has 0 aliphatic carbocycles. The van der Waals surface area contributed by atoms with Crippen LogP contribution in [-0.4, -0.2) is 35.1 Å². The fourth-order valence-corrected chi connectivity index (χ4v) is 2.41. The van der Waals surface area contributed by atoms with Gasteiger partial charge in [-0.25, -0.2) is 19.2 Å². The smallest absolute Gasteiger partial charge is 0.355 e. The first-order valence-corrected chi connectivity index (χ1v) is 6.84. The predicted molar refractivity (Wildman–Crippen MR) is 88.2 cm³/mol. The number of halogens is 2. The second-order valence-corrected chi connectivity index (χ2v) is 5.26. The summed E-state index contributed by atoms with van der Waals surface area (Å²) in [5, 5.41) is 9.45. The highest BCUT2D eigenvalue weighted by Crippen LogP contribution is 2.34. The van der Waals surface area contributed by atoms with Gasteiger partial charge in [0.15, 0.2) is 17.3 Å². The Morgan fingerprint density at radius 1 is 1.43 bits per heavy atom. The number of nitrogens with zero attached hydrogens (tertiary/aromatic N) is 3. The van der Waals surface area contributed by atoms with Crippen LogP contribution in [0.4, 0.5) is 15.9 Å². The summed E-state index contributed by atoms with van der Waals surface area (Å²) in [5.74, 6) is -2.20. The Morgan fingerprint density at radius 2 is 2.09 bits per heavy atom. The fraction of sp³-hybridized carbons (Fsp3) is 0.133. The lowest BCUT2D eigenvalue weighted by atomic mass is 10.1. The summed E-state index contributed by atoms with van der Waals surface area (Å²) in [6, 6.07) is 2.86. The molecule has 0 saturated carbocycles. The highest BCUT2D eigenvalue weighted by atomic mass is 35.5. The van der Waals surface area contributed by atoms with E-state index in [1.54, 1.807) is 14.1 Å². The van der Waals surface area contributed by atoms with E-state index in [9.17, 15) is 14.3 Å². The quantitative estimate of drug-likeness (QED) is 0.891. The molecule has 23 heavy (non-hydrogen) atoms. The lowest BCUT2D eigenvalue weighted by molar-refractivity contribution is 0.0690. The van der Waals surface area contributed by atoms with Gasteiger partial charge in [0.05, 0.1) is 16.3 Å². The lowest BCUT2D eigenvalue weighted by Crippen LogP contribution is -2.13. The molecule has 0 saturated heterocycles. The monoisotopic (exact) mass is 336 g/mol. The van der Waals surface area contributed by atoms with Crippen molar-refractivity contribution >= 4 is 35.2 Å². The van der Waals surface area contributed by atoms with E-state index in [1.165, 1.54) is 23.1 Å². The van der Waals surface area contributed by atoms with Crippen LogP contribution in [-0.2, 0) is 0 Å². The zero-order valence-electron chi connectivity index (χ0n) is 12.5. The molecule has 0 radical (unpaired) electrons. The van der Waals surface area contributed by atoms with E-state index in [2.05, 4.69) is 16.5 Å². The van der Waals surface area contributed by atoms with Crippen LogP contribution in [0.1, 0.15) is 16.1 Å². The van der Waals surface area contributed by atoms with Crippen molar-refractivity contribution in [2.75, 3.05) is 24.7 Å². The number of nitrogen functional groups attached to an aromatic ring is 1. The molecular formula is C15H14ClFN4O2. The molecule has 0 aliphatic rings. The number of carboxylic acids is 1. The number of carboxylic acid groups (broad SMARTS) is 1. The summed E-state index contributed by atoms with van der Waals surface area (Å²) in [5.41, 5.74) is 5.64. The van der Waals surface area contributed by atoms with E-state index in [0.29, 0.717) is 0 Å². The molecule has 3 N–H and O–H groups in total. The average molecular weight is 337 g/mol. The van der Waals surface area contributed by atoms with Gasteiger partial charge in [-0.05, 0) is 12.1 Å². The standard InChI is InChI=1S/C15H14ClFN4O2/c1-4-7-11(15(22)23)19-14(20-13(7)18)8-5-6-9(16)12(10(8)17)21(2)3/h4-6H,1H2,2-3H3,(H,22,23)(H2,18,19,20). The number of benzene rings is 1. The third-order valence-corrected chi connectivity index (χ3v) is 3.44. The minimum Gasteiger partial charge on any atom is -0.476 e. The number of hydrogen-bond donors (Lipinski definition) is 2. The first-order valence-electron chi connectivity index (χ1n) is 6.46. The van der Waals surface area contributed by atoms with Crippen molar-refractivity contribution in [3.8, 4) is 11.4 Å². The van der Waals surface area contributed by atoms with Gasteiger partial charge in [-0.3, -0.25) is 0 Å². The second-order valence-electron chi connectivity index (χ2n) is 4.86. The molecule has 6 nitrogen and oxygen atoms in total. The molecule has 1 aromatic carbocycles. The van der Waals surface area contributed by atoms with E-state index < -0.39 is 11.8 Å². The van der Waals surface area contributed by atoms with E-state index in [4.69, 9.17) is 17.3 Å². The fourth-order valence-electron chi connectivity index (χ4n) is 2.10. The van der Waals surface area contributed by atoms with Crippen molar-refractivity contribution in [1.82, 2.24) is 9.97 Å². The van der Waals surface area contributed by atoms with Gasteiger partial charge in [0.2, 0.25) is 0 Å². The van der Waals surface area contributed by atoms with Crippen LogP contribution in [0.25, 0.3) is 17.5 Å². The Morgan fingerprint density at radius 3 is 2.61 bits per heavy atom. The van der Waals surface area contributed by atoms with Crippen molar-refractivity contribution in [1.29, 1.82) is 0 Å². The van der Waals surface area contributed by atoms with Crippen molar-refractivity contribution in [3.63, 3.8) is 0 Å². The highest BCUT2D eigenvalue weighted by molar-refractivity contribution is 6.33. The molecule has 0 atom stereocenters. The molecule has 0 unspecified atom stereocenters. The van der Waals surface area contributed by atoms with Crippen molar-refractivity contribution in [2.45, 2.75) is 0 Å². The van der Waals surface area contributed by atoms with Crippen LogP contribution in [0.5, 0.6) is 0 Å². The number of rotatable bonds is 4. The lowest BCUT2D eigenvalue weighted by Gasteiger charge is -2.17. The number of aromatic nitrogens is 2. The Balaban J connectivity index is 2.76. The van der Waals surface area contributed by atoms with E-state index >= 15 is 0 Å². The van der Waals surface area contributed by atoms with Crippen molar-refractivity contribution in [3.05, 3.63) is 40.8 Å². The number of anilines is 2. The third kappa shape index (κ3) is 2.95. The van der Waals surface area contributed by atoms with Crippen LogP contribution in [0.3, 0.4) is 0 Å². The van der Waals surface area contributed by atoms with E-state index in [1.807, 2.05) is 0 Å². The Hall–Kier alpha value is -2.67. The molecule has 0 spiro atoms. The normalized spacial score (nSPS) is 10.4. The van der Waals surface area contributed by atoms with Gasteiger partial charge in [-0.1, -0.05) is 24.3 Å². The van der Waals surface area contributed by atoms with E-state index in [-0.39, 0.29) is 39.2 Å². The van der Waals surface area contributed by atoms with Crippen LogP contribution in [0.2, 0.25) is 5.02 Å². The Bertz CT molecular complexity index is 809. The molecule has 0 fully saturated rings. The van der Waals surface area contributed by atoms with Gasteiger partial charge >= 0.3 is 5.97 Å². The van der Waals surface area contributed by atoms with Crippen LogP contribution < -0.4 is 10.6 Å². The summed E-state index contributed by atoms with van der Waals surface area (Å²) >= 11 is 5.99. The summed E-state index contributed by atoms with van der Waals surface area (Å²) in [4.78, 5) is 20.7. The van der Waals surface area contributed by atoms with Gasteiger partial charge in [0.25, 0.3) is 0 Å². The molecular weight excluding hydrogens is 323 g/mol. The van der Waals surface area contributed by atoms with Gasteiger partial charge in [0, 0.05) is 19.7 Å². The molecule has 2 rings (SSSR count). The molecule has 1 aromatic heterocycles. The minimum atomic E-state index is -1.31. The summed E-state index contributed by atoms with van der Waals surface area (Å²) in [6.45, 7) is 3.48. The molecule has 0 aliphatic heterocycles. The van der Waals surface area contributed by atoms with Crippen molar-refractivity contribution in [2.24, 2.45) is 0 Å². The number of nitrogens with two attached hydrogens (primary N) is 1. The molecule has 2 aromatic rings. The third-order valence-electron chi connectivity index (χ3n) is 3.14. The zero-order chi connectivity index (χ0) is 17.3. The molecule has 0 bridgehead atoms. The maximum absolute atomic E-state index is 14.7. The number of carbonyl (C=O) groups is 1. The molecule has 1 heterocycles. The summed E-state index contributed by atoms with van der Waals surface area (Å²) < 4.78 is 14.7. The first-order chi connectivity index (χ1) is 10.8. The second kappa shape index (κ2) is 6.21.